The number of aromatic amines is 1. The van der Waals surface area contributed by atoms with E-state index in [4.69, 9.17) is 0 Å². The van der Waals surface area contributed by atoms with E-state index in [9.17, 15) is 0 Å². The number of hydrogen-bond donors (Lipinski definition) is 1. The van der Waals surface area contributed by atoms with Gasteiger partial charge < -0.3 is 14.8 Å². The Labute approximate surface area is 138 Å². The lowest BCUT2D eigenvalue weighted by Gasteiger charge is -2.23. The zero-order valence-electron chi connectivity index (χ0n) is 14.7. The van der Waals surface area contributed by atoms with Crippen molar-refractivity contribution in [2.24, 2.45) is 0 Å². The Kier molecular flexibility index (Phi) is 6.06. The Hall–Kier alpha value is -1.99. The normalized spacial score (nSPS) is 11.4. The molecule has 0 aromatic carbocycles. The number of nitrogens with one attached hydrogen (secondary N) is 1. The summed E-state index contributed by atoms with van der Waals surface area (Å²) >= 11 is 0. The smallest absolute Gasteiger partial charge is 0.224 e. The molecule has 2 aromatic rings. The second-order valence-corrected chi connectivity index (χ2v) is 6.27. The molecule has 126 valence electrons. The largest absolute Gasteiger partial charge is 0.348 e. The van der Waals surface area contributed by atoms with Gasteiger partial charge in [-0.1, -0.05) is 0 Å². The van der Waals surface area contributed by atoms with Gasteiger partial charge in [-0.2, -0.15) is 0 Å². The Morgan fingerprint density at radius 2 is 1.65 bits per heavy atom. The number of aryl methyl sites for hydroxylation is 1. The van der Waals surface area contributed by atoms with Crippen molar-refractivity contribution in [1.82, 2.24) is 29.7 Å². The van der Waals surface area contributed by atoms with Gasteiger partial charge in [0.15, 0.2) is 0 Å². The molecule has 0 aliphatic rings. The number of nitrogens with zero attached hydrogens (tertiary/aromatic N) is 6. The fraction of sp³-hybridized carbons (Fsp3) is 0.562. The van der Waals surface area contributed by atoms with Crippen LogP contribution in [0.15, 0.2) is 18.7 Å². The van der Waals surface area contributed by atoms with Crippen LogP contribution in [0.2, 0.25) is 0 Å². The van der Waals surface area contributed by atoms with Crippen LogP contribution in [0.25, 0.3) is 0 Å². The summed E-state index contributed by atoms with van der Waals surface area (Å²) in [7, 11) is 8.07. The third-order valence-electron chi connectivity index (χ3n) is 3.67. The van der Waals surface area contributed by atoms with Gasteiger partial charge in [-0.05, 0) is 21.0 Å². The van der Waals surface area contributed by atoms with Crippen LogP contribution in [0.4, 0.5) is 5.95 Å². The average Bonchev–Trinajstić information content (AvgIpc) is 2.90. The Morgan fingerprint density at radius 1 is 0.957 bits per heavy atom. The maximum absolute atomic E-state index is 4.41. The number of likely N-dealkylation sites (N-methyl/N-ethyl adjacent to an activating group) is 1. The number of anilines is 1. The lowest BCUT2D eigenvalue weighted by atomic mass is 10.2. The zero-order chi connectivity index (χ0) is 16.8. The van der Waals surface area contributed by atoms with Crippen molar-refractivity contribution >= 4 is 5.95 Å². The van der Waals surface area contributed by atoms with E-state index in [2.05, 4.69) is 50.8 Å². The maximum atomic E-state index is 4.41. The molecule has 0 atom stereocenters. The molecule has 0 spiro atoms. The topological polar surface area (TPSA) is 64.2 Å². The maximum Gasteiger partial charge on any atom is 0.224 e. The van der Waals surface area contributed by atoms with E-state index in [1.165, 1.54) is 0 Å². The van der Waals surface area contributed by atoms with Crippen LogP contribution < -0.4 is 4.90 Å². The molecule has 0 aliphatic heterocycles. The van der Waals surface area contributed by atoms with Crippen molar-refractivity contribution < 1.29 is 0 Å². The van der Waals surface area contributed by atoms with E-state index >= 15 is 0 Å². The summed E-state index contributed by atoms with van der Waals surface area (Å²) in [6, 6.07) is 0. The fourth-order valence-corrected chi connectivity index (χ4v) is 2.23. The minimum absolute atomic E-state index is 0.733. The number of hydrogen-bond acceptors (Lipinski definition) is 6. The third kappa shape index (κ3) is 5.30. The lowest BCUT2D eigenvalue weighted by molar-refractivity contribution is 0.223. The Balaban J connectivity index is 2.05. The summed E-state index contributed by atoms with van der Waals surface area (Å²) in [5.74, 6) is 0.733. The molecule has 1 N–H and O–H groups in total. The van der Waals surface area contributed by atoms with E-state index in [-0.39, 0.29) is 0 Å². The molecule has 7 heteroatoms. The minimum Gasteiger partial charge on any atom is -0.348 e. The number of aromatic nitrogens is 4. The second-order valence-electron chi connectivity index (χ2n) is 6.27. The van der Waals surface area contributed by atoms with Crippen LogP contribution in [-0.2, 0) is 13.1 Å². The standard InChI is InChI=1S/C16H27N7/c1-13-15(20-12-19-13)11-23(7-6-21(2)3)10-14-8-17-16(18-9-14)22(4)5/h8-9,12H,6-7,10-11H2,1-5H3,(H,19,20). The van der Waals surface area contributed by atoms with E-state index in [1.54, 1.807) is 6.33 Å². The van der Waals surface area contributed by atoms with Crippen LogP contribution in [-0.4, -0.2) is 71.0 Å². The monoisotopic (exact) mass is 317 g/mol. The van der Waals surface area contributed by atoms with Crippen LogP contribution in [0.1, 0.15) is 17.0 Å². The van der Waals surface area contributed by atoms with Gasteiger partial charge in [-0.3, -0.25) is 4.90 Å². The first kappa shape index (κ1) is 17.4. The van der Waals surface area contributed by atoms with E-state index < -0.39 is 0 Å². The van der Waals surface area contributed by atoms with Crippen molar-refractivity contribution in [3.8, 4) is 0 Å². The molecule has 2 aromatic heterocycles. The molecule has 7 nitrogen and oxygen atoms in total. The summed E-state index contributed by atoms with van der Waals surface area (Å²) in [5, 5.41) is 0. The number of rotatable bonds is 8. The van der Waals surface area contributed by atoms with Crippen LogP contribution in [0.5, 0.6) is 0 Å². The predicted molar refractivity (Wildman–Crippen MR) is 92.4 cm³/mol. The van der Waals surface area contributed by atoms with Gasteiger partial charge in [0.05, 0.1) is 12.0 Å². The first-order valence-corrected chi connectivity index (χ1v) is 7.80. The van der Waals surface area contributed by atoms with Crippen molar-refractivity contribution in [1.29, 1.82) is 0 Å². The predicted octanol–water partition coefficient (Wildman–Crippen LogP) is 1.14. The molecule has 2 rings (SSSR count). The highest BCUT2D eigenvalue weighted by Crippen LogP contribution is 2.11. The summed E-state index contributed by atoms with van der Waals surface area (Å²) in [5.41, 5.74) is 3.33. The molecule has 0 fully saturated rings. The molecule has 0 bridgehead atoms. The third-order valence-corrected chi connectivity index (χ3v) is 3.67. The minimum atomic E-state index is 0.733. The van der Waals surface area contributed by atoms with Crippen molar-refractivity contribution in [3.05, 3.63) is 35.7 Å². The molecule has 0 saturated heterocycles. The summed E-state index contributed by atoms with van der Waals surface area (Å²) in [6.45, 7) is 5.66. The van der Waals surface area contributed by atoms with Gasteiger partial charge in [0.25, 0.3) is 0 Å². The Morgan fingerprint density at radius 3 is 2.17 bits per heavy atom. The zero-order valence-corrected chi connectivity index (χ0v) is 14.7. The molecule has 0 saturated carbocycles. The van der Waals surface area contributed by atoms with Crippen LogP contribution in [0, 0.1) is 6.92 Å². The first-order chi connectivity index (χ1) is 11.0. The number of imidazole rings is 1. The van der Waals surface area contributed by atoms with Crippen LogP contribution in [0.3, 0.4) is 0 Å². The number of H-pyrrole nitrogens is 1. The second kappa shape index (κ2) is 8.03. The summed E-state index contributed by atoms with van der Waals surface area (Å²) in [6.07, 6.45) is 5.56. The van der Waals surface area contributed by atoms with Gasteiger partial charge in [0, 0.05) is 63.9 Å². The van der Waals surface area contributed by atoms with Crippen LogP contribution >= 0.6 is 0 Å². The highest BCUT2D eigenvalue weighted by Gasteiger charge is 2.12. The average molecular weight is 317 g/mol. The van der Waals surface area contributed by atoms with Gasteiger partial charge >= 0.3 is 0 Å². The SMILES string of the molecule is Cc1[nH]cnc1CN(CCN(C)C)Cc1cnc(N(C)C)nc1. The molecule has 0 amide bonds. The van der Waals surface area contributed by atoms with Gasteiger partial charge in [-0.25, -0.2) is 15.0 Å². The van der Waals surface area contributed by atoms with Crippen molar-refractivity contribution in [2.75, 3.05) is 46.2 Å². The lowest BCUT2D eigenvalue weighted by Crippen LogP contribution is -2.31. The molecule has 0 unspecified atom stereocenters. The van der Waals surface area contributed by atoms with Crippen molar-refractivity contribution in [2.45, 2.75) is 20.0 Å². The van der Waals surface area contributed by atoms with Gasteiger partial charge in [0.2, 0.25) is 5.95 Å². The fourth-order valence-electron chi connectivity index (χ4n) is 2.23. The molecule has 2 heterocycles. The summed E-state index contributed by atoms with van der Waals surface area (Å²) in [4.78, 5) is 22.8. The molecule has 0 radical (unpaired) electrons. The van der Waals surface area contributed by atoms with E-state index in [0.717, 1.165) is 49.1 Å². The molecular weight excluding hydrogens is 290 g/mol. The highest BCUT2D eigenvalue weighted by molar-refractivity contribution is 5.26. The van der Waals surface area contributed by atoms with Gasteiger partial charge in [-0.15, -0.1) is 0 Å². The van der Waals surface area contributed by atoms with E-state index in [1.807, 2.05) is 31.4 Å². The molecule has 0 aliphatic carbocycles. The Bertz CT molecular complexity index is 589. The molecule has 23 heavy (non-hydrogen) atoms. The summed E-state index contributed by atoms with van der Waals surface area (Å²) < 4.78 is 0. The highest BCUT2D eigenvalue weighted by atomic mass is 15.2. The van der Waals surface area contributed by atoms with E-state index in [0.29, 0.717) is 0 Å². The quantitative estimate of drug-likeness (QED) is 0.788. The molecular formula is C16H27N7. The first-order valence-electron chi connectivity index (χ1n) is 7.80. The van der Waals surface area contributed by atoms with Crippen molar-refractivity contribution in [3.63, 3.8) is 0 Å². The van der Waals surface area contributed by atoms with Gasteiger partial charge in [0.1, 0.15) is 0 Å².